The molecule has 0 radical (unpaired) electrons. The molecule has 5 heteroatoms. The van der Waals surface area contributed by atoms with Crippen LogP contribution >= 0.6 is 0 Å². The van der Waals surface area contributed by atoms with Crippen LogP contribution in [0.1, 0.15) is 46.0 Å². The summed E-state index contributed by atoms with van der Waals surface area (Å²) in [6.07, 6.45) is 2.17. The largest absolute Gasteiger partial charge is 0.507 e. The van der Waals surface area contributed by atoms with Crippen molar-refractivity contribution in [2.24, 2.45) is 0 Å². The lowest BCUT2D eigenvalue weighted by molar-refractivity contribution is 0.0991. The van der Waals surface area contributed by atoms with Crippen LogP contribution in [-0.2, 0) is 13.0 Å². The van der Waals surface area contributed by atoms with Gasteiger partial charge in [0.05, 0.1) is 11.1 Å². The van der Waals surface area contributed by atoms with Gasteiger partial charge in [-0.1, -0.05) is 0 Å². The number of nitrogens with zero attached hydrogens (tertiary/aromatic N) is 2. The second kappa shape index (κ2) is 6.50. The van der Waals surface area contributed by atoms with Crippen LogP contribution in [0.15, 0.2) is 24.3 Å². The van der Waals surface area contributed by atoms with Crippen molar-refractivity contribution in [3.63, 3.8) is 0 Å². The van der Waals surface area contributed by atoms with Crippen LogP contribution in [0.4, 0.5) is 0 Å². The van der Waals surface area contributed by atoms with Gasteiger partial charge in [0.1, 0.15) is 5.75 Å². The third-order valence-corrected chi connectivity index (χ3v) is 5.53. The van der Waals surface area contributed by atoms with E-state index in [-0.39, 0.29) is 17.3 Å². The highest BCUT2D eigenvalue weighted by molar-refractivity contribution is 6.22. The SMILES string of the molecule is CC(=O)c1c(O)ccc2c1c1c3c(ccc1n2CCCN(C)C)C(=O)CC3. The highest BCUT2D eigenvalue weighted by atomic mass is 16.3. The highest BCUT2D eigenvalue weighted by Gasteiger charge is 2.27. The van der Waals surface area contributed by atoms with Gasteiger partial charge in [0.15, 0.2) is 11.6 Å². The zero-order valence-electron chi connectivity index (χ0n) is 16.0. The van der Waals surface area contributed by atoms with Crippen LogP contribution < -0.4 is 0 Å². The zero-order valence-corrected chi connectivity index (χ0v) is 16.0. The first kappa shape index (κ1) is 17.7. The van der Waals surface area contributed by atoms with Crippen molar-refractivity contribution in [3.05, 3.63) is 41.0 Å². The number of hydrogen-bond acceptors (Lipinski definition) is 4. The summed E-state index contributed by atoms with van der Waals surface area (Å²) in [6, 6.07) is 7.40. The Kier molecular flexibility index (Phi) is 4.27. The summed E-state index contributed by atoms with van der Waals surface area (Å²) in [5.74, 6) is 0.00146. The summed E-state index contributed by atoms with van der Waals surface area (Å²) in [5.41, 5.74) is 4.11. The Morgan fingerprint density at radius 2 is 1.81 bits per heavy atom. The van der Waals surface area contributed by atoms with Crippen LogP contribution in [-0.4, -0.2) is 46.8 Å². The van der Waals surface area contributed by atoms with E-state index < -0.39 is 0 Å². The van der Waals surface area contributed by atoms with E-state index in [1.807, 2.05) is 18.2 Å². The maximum atomic E-state index is 12.4. The number of aryl methyl sites for hydroxylation is 2. The van der Waals surface area contributed by atoms with Crippen LogP contribution in [0, 0.1) is 0 Å². The Hall–Kier alpha value is -2.66. The van der Waals surface area contributed by atoms with Crippen molar-refractivity contribution in [1.82, 2.24) is 9.47 Å². The second-order valence-electron chi connectivity index (χ2n) is 7.63. The first-order valence-electron chi connectivity index (χ1n) is 9.38. The Labute approximate surface area is 158 Å². The summed E-state index contributed by atoms with van der Waals surface area (Å²) in [6.45, 7) is 3.26. The third kappa shape index (κ3) is 2.73. The fourth-order valence-electron chi connectivity index (χ4n) is 4.36. The molecule has 0 fully saturated rings. The van der Waals surface area contributed by atoms with Crippen LogP contribution in [0.2, 0.25) is 0 Å². The molecule has 0 bridgehead atoms. The third-order valence-electron chi connectivity index (χ3n) is 5.53. The quantitative estimate of drug-likeness (QED) is 0.700. The molecule has 1 heterocycles. The molecule has 2 aromatic carbocycles. The van der Waals surface area contributed by atoms with E-state index in [2.05, 4.69) is 23.6 Å². The van der Waals surface area contributed by atoms with Gasteiger partial charge in [0.2, 0.25) is 0 Å². The van der Waals surface area contributed by atoms with Crippen molar-refractivity contribution in [1.29, 1.82) is 0 Å². The molecule has 5 nitrogen and oxygen atoms in total. The first-order chi connectivity index (χ1) is 12.9. The lowest BCUT2D eigenvalue weighted by Gasteiger charge is -2.12. The molecule has 0 spiro atoms. The van der Waals surface area contributed by atoms with Crippen molar-refractivity contribution >= 4 is 33.4 Å². The molecule has 1 N–H and O–H groups in total. The van der Waals surface area contributed by atoms with Gasteiger partial charge < -0.3 is 14.6 Å². The Balaban J connectivity index is 2.07. The molecule has 0 saturated heterocycles. The van der Waals surface area contributed by atoms with Gasteiger partial charge in [-0.2, -0.15) is 0 Å². The van der Waals surface area contributed by atoms with E-state index in [1.54, 1.807) is 6.07 Å². The molecule has 0 saturated carbocycles. The smallest absolute Gasteiger partial charge is 0.164 e. The van der Waals surface area contributed by atoms with E-state index in [0.29, 0.717) is 18.4 Å². The van der Waals surface area contributed by atoms with E-state index in [1.165, 1.54) is 6.92 Å². The number of aromatic nitrogens is 1. The molecule has 0 aliphatic heterocycles. The highest BCUT2D eigenvalue weighted by Crippen LogP contribution is 2.41. The van der Waals surface area contributed by atoms with Crippen molar-refractivity contribution in [2.45, 2.75) is 32.7 Å². The predicted molar refractivity (Wildman–Crippen MR) is 107 cm³/mol. The summed E-state index contributed by atoms with van der Waals surface area (Å²) in [7, 11) is 4.10. The number of hydrogen-bond donors (Lipinski definition) is 1. The summed E-state index contributed by atoms with van der Waals surface area (Å²) in [5, 5.41) is 12.1. The lowest BCUT2D eigenvalue weighted by atomic mass is 9.97. The summed E-state index contributed by atoms with van der Waals surface area (Å²) >= 11 is 0. The molecule has 1 aromatic heterocycles. The van der Waals surface area contributed by atoms with E-state index >= 15 is 0 Å². The minimum atomic E-state index is -0.160. The van der Waals surface area contributed by atoms with Crippen molar-refractivity contribution < 1.29 is 14.7 Å². The molecular formula is C22H24N2O3. The molecule has 3 aromatic rings. The molecule has 1 aliphatic rings. The van der Waals surface area contributed by atoms with Gasteiger partial charge in [-0.15, -0.1) is 0 Å². The van der Waals surface area contributed by atoms with Crippen LogP contribution in [0.3, 0.4) is 0 Å². The molecule has 4 rings (SSSR count). The maximum Gasteiger partial charge on any atom is 0.164 e. The number of carbonyl (C=O) groups excluding carboxylic acids is 2. The Bertz CT molecular complexity index is 1090. The molecule has 0 amide bonds. The van der Waals surface area contributed by atoms with Crippen LogP contribution in [0.25, 0.3) is 21.8 Å². The van der Waals surface area contributed by atoms with Crippen LogP contribution in [0.5, 0.6) is 5.75 Å². The molecule has 140 valence electrons. The van der Waals surface area contributed by atoms with Gasteiger partial charge in [-0.25, -0.2) is 0 Å². The fraction of sp³-hybridized carbons (Fsp3) is 0.364. The normalized spacial score (nSPS) is 13.9. The minimum Gasteiger partial charge on any atom is -0.507 e. The van der Waals surface area contributed by atoms with Gasteiger partial charge in [-0.3, -0.25) is 9.59 Å². The number of Topliss-reactive ketones (excluding diaryl/α,β-unsaturated/α-hetero) is 2. The average Bonchev–Trinajstić information content (AvgIpc) is 3.13. The fourth-order valence-corrected chi connectivity index (χ4v) is 4.36. The van der Waals surface area contributed by atoms with E-state index in [0.717, 1.165) is 52.4 Å². The number of rotatable bonds is 5. The first-order valence-corrected chi connectivity index (χ1v) is 9.38. The number of phenols is 1. The van der Waals surface area contributed by atoms with E-state index in [4.69, 9.17) is 0 Å². The van der Waals surface area contributed by atoms with Crippen molar-refractivity contribution in [2.75, 3.05) is 20.6 Å². The van der Waals surface area contributed by atoms with Gasteiger partial charge in [-0.05, 0) is 70.2 Å². The second-order valence-corrected chi connectivity index (χ2v) is 7.63. The standard InChI is InChI=1S/C22H24N2O3/c1-13(25)20-19(27)10-8-17-22(20)21-15-6-9-18(26)14(15)5-7-16(21)24(17)12-4-11-23(2)3/h5,7-8,10,27H,4,6,9,11-12H2,1-3H3. The maximum absolute atomic E-state index is 12.4. The molecule has 0 atom stereocenters. The monoisotopic (exact) mass is 364 g/mol. The lowest BCUT2D eigenvalue weighted by Crippen LogP contribution is -2.15. The number of ketones is 2. The Morgan fingerprint density at radius 1 is 1.11 bits per heavy atom. The van der Waals surface area contributed by atoms with Gasteiger partial charge in [0.25, 0.3) is 0 Å². The summed E-state index contributed by atoms with van der Waals surface area (Å²) in [4.78, 5) is 26.8. The number of fused-ring (bicyclic) bond motifs is 5. The average molecular weight is 364 g/mol. The number of carbonyl (C=O) groups is 2. The number of aromatic hydroxyl groups is 1. The molecule has 0 unspecified atom stereocenters. The van der Waals surface area contributed by atoms with E-state index in [9.17, 15) is 14.7 Å². The number of benzene rings is 2. The zero-order chi connectivity index (χ0) is 19.3. The van der Waals surface area contributed by atoms with Crippen molar-refractivity contribution in [3.8, 4) is 5.75 Å². The minimum absolute atomic E-state index is 0.00395. The molecule has 1 aliphatic carbocycles. The molecular weight excluding hydrogens is 340 g/mol. The summed E-state index contributed by atoms with van der Waals surface area (Å²) < 4.78 is 2.23. The number of phenolic OH excluding ortho intramolecular Hbond substituents is 1. The Morgan fingerprint density at radius 3 is 2.52 bits per heavy atom. The van der Waals surface area contributed by atoms with Gasteiger partial charge in [0, 0.05) is 34.8 Å². The topological polar surface area (TPSA) is 62.5 Å². The predicted octanol–water partition coefficient (Wildman–Crippen LogP) is 3.78. The molecule has 27 heavy (non-hydrogen) atoms. The van der Waals surface area contributed by atoms with Gasteiger partial charge >= 0.3 is 0 Å².